The number of carbonyl (C=O) groups is 1. The van der Waals surface area contributed by atoms with Crippen molar-refractivity contribution >= 4 is 15.9 Å². The van der Waals surface area contributed by atoms with Gasteiger partial charge in [-0.2, -0.15) is 9.40 Å². The van der Waals surface area contributed by atoms with E-state index in [1.54, 1.807) is 41.0 Å². The smallest absolute Gasteiger partial charge is 0.253 e. The third-order valence-electron chi connectivity index (χ3n) is 4.62. The van der Waals surface area contributed by atoms with E-state index in [9.17, 15) is 13.2 Å². The Bertz CT molecular complexity index is 885. The Labute approximate surface area is 154 Å². The molecule has 1 aliphatic heterocycles. The summed E-state index contributed by atoms with van der Waals surface area (Å²) in [6.07, 6.45) is 6.16. The van der Waals surface area contributed by atoms with Gasteiger partial charge in [0.05, 0.1) is 11.1 Å². The Balaban J connectivity index is 1.71. The number of aromatic nitrogens is 2. The van der Waals surface area contributed by atoms with Crippen LogP contribution in [0.1, 0.15) is 28.8 Å². The van der Waals surface area contributed by atoms with E-state index in [2.05, 4.69) is 5.10 Å². The van der Waals surface area contributed by atoms with Crippen LogP contribution in [0.4, 0.5) is 0 Å². The Morgan fingerprint density at radius 1 is 1.27 bits per heavy atom. The summed E-state index contributed by atoms with van der Waals surface area (Å²) in [5, 5.41) is 4.12. The van der Waals surface area contributed by atoms with E-state index in [0.29, 0.717) is 31.6 Å². The standard InChI is InChI=1S/C18H24N4O3S/c1-20(11-8-15-13-19-21(2)14-15)18(23)16-6-5-7-17(12-16)26(24,25)22-9-3-4-10-22/h5-7,12-14H,3-4,8-11H2,1-2H3. The molecule has 0 aliphatic carbocycles. The lowest BCUT2D eigenvalue weighted by atomic mass is 10.2. The van der Waals surface area contributed by atoms with Gasteiger partial charge in [0.25, 0.3) is 5.91 Å². The molecule has 3 rings (SSSR count). The Morgan fingerprint density at radius 3 is 2.65 bits per heavy atom. The van der Waals surface area contributed by atoms with Crippen molar-refractivity contribution in [3.63, 3.8) is 0 Å². The van der Waals surface area contributed by atoms with Crippen molar-refractivity contribution in [3.05, 3.63) is 47.8 Å². The molecule has 140 valence electrons. The van der Waals surface area contributed by atoms with Crippen LogP contribution in [0, 0.1) is 0 Å². The van der Waals surface area contributed by atoms with Gasteiger partial charge < -0.3 is 4.90 Å². The van der Waals surface area contributed by atoms with Crippen molar-refractivity contribution in [2.75, 3.05) is 26.7 Å². The fourth-order valence-electron chi connectivity index (χ4n) is 3.09. The molecule has 1 aromatic heterocycles. The van der Waals surface area contributed by atoms with Crippen molar-refractivity contribution in [2.45, 2.75) is 24.2 Å². The van der Waals surface area contributed by atoms with Gasteiger partial charge in [0.15, 0.2) is 0 Å². The first kappa shape index (κ1) is 18.6. The Morgan fingerprint density at radius 2 is 2.00 bits per heavy atom. The third-order valence-corrected chi connectivity index (χ3v) is 6.52. The summed E-state index contributed by atoms with van der Waals surface area (Å²) in [6, 6.07) is 6.33. The molecular formula is C18H24N4O3S. The van der Waals surface area contributed by atoms with Crippen molar-refractivity contribution in [1.29, 1.82) is 0 Å². The van der Waals surface area contributed by atoms with Gasteiger partial charge in [-0.15, -0.1) is 0 Å². The molecule has 7 nitrogen and oxygen atoms in total. The summed E-state index contributed by atoms with van der Waals surface area (Å²) in [6.45, 7) is 1.63. The van der Waals surface area contributed by atoms with Gasteiger partial charge in [-0.05, 0) is 43.0 Å². The second-order valence-corrected chi connectivity index (χ2v) is 8.58. The molecule has 1 saturated heterocycles. The van der Waals surface area contributed by atoms with Crippen LogP contribution in [0.25, 0.3) is 0 Å². The number of nitrogens with zero attached hydrogens (tertiary/aromatic N) is 4. The van der Waals surface area contributed by atoms with Gasteiger partial charge in [0.2, 0.25) is 10.0 Å². The van der Waals surface area contributed by atoms with Crippen LogP contribution in [0.2, 0.25) is 0 Å². The first-order valence-electron chi connectivity index (χ1n) is 8.71. The highest BCUT2D eigenvalue weighted by Crippen LogP contribution is 2.22. The molecule has 1 aliphatic rings. The Hall–Kier alpha value is -2.19. The van der Waals surface area contributed by atoms with Gasteiger partial charge in [0, 0.05) is 45.5 Å². The second-order valence-electron chi connectivity index (χ2n) is 6.64. The topological polar surface area (TPSA) is 75.5 Å². The van der Waals surface area contributed by atoms with Crippen LogP contribution in [-0.4, -0.2) is 60.0 Å². The average molecular weight is 376 g/mol. The maximum absolute atomic E-state index is 12.7. The van der Waals surface area contributed by atoms with E-state index < -0.39 is 10.0 Å². The van der Waals surface area contributed by atoms with E-state index in [0.717, 1.165) is 18.4 Å². The predicted octanol–water partition coefficient (Wildman–Crippen LogP) is 1.52. The summed E-state index contributed by atoms with van der Waals surface area (Å²) in [5.74, 6) is -0.188. The number of sulfonamides is 1. The van der Waals surface area contributed by atoms with Gasteiger partial charge >= 0.3 is 0 Å². The highest BCUT2D eigenvalue weighted by molar-refractivity contribution is 7.89. The minimum atomic E-state index is -3.52. The van der Waals surface area contributed by atoms with E-state index in [1.807, 2.05) is 13.2 Å². The number of benzene rings is 1. The molecule has 0 radical (unpaired) electrons. The molecule has 0 saturated carbocycles. The first-order valence-corrected chi connectivity index (χ1v) is 10.1. The van der Waals surface area contributed by atoms with Crippen LogP contribution in [-0.2, 0) is 23.5 Å². The number of hydrogen-bond acceptors (Lipinski definition) is 4. The average Bonchev–Trinajstić information content (AvgIpc) is 3.31. The third kappa shape index (κ3) is 3.96. The zero-order chi connectivity index (χ0) is 18.7. The normalized spacial score (nSPS) is 15.3. The van der Waals surface area contributed by atoms with Crippen molar-refractivity contribution in [1.82, 2.24) is 19.0 Å². The number of rotatable bonds is 6. The zero-order valence-corrected chi connectivity index (χ0v) is 15.9. The predicted molar refractivity (Wildman–Crippen MR) is 98.3 cm³/mol. The molecule has 1 fully saturated rings. The number of aryl methyl sites for hydroxylation is 1. The minimum Gasteiger partial charge on any atom is -0.341 e. The van der Waals surface area contributed by atoms with Crippen LogP contribution in [0.5, 0.6) is 0 Å². The largest absolute Gasteiger partial charge is 0.341 e. The molecule has 2 heterocycles. The lowest BCUT2D eigenvalue weighted by Crippen LogP contribution is -2.30. The number of hydrogen-bond donors (Lipinski definition) is 0. The van der Waals surface area contributed by atoms with Gasteiger partial charge in [-0.1, -0.05) is 6.07 Å². The van der Waals surface area contributed by atoms with Gasteiger partial charge in [0.1, 0.15) is 0 Å². The molecule has 0 atom stereocenters. The summed E-state index contributed by atoms with van der Waals surface area (Å²) in [7, 11) is 0.0531. The Kier molecular flexibility index (Phi) is 5.43. The quantitative estimate of drug-likeness (QED) is 0.766. The molecular weight excluding hydrogens is 352 g/mol. The lowest BCUT2D eigenvalue weighted by molar-refractivity contribution is 0.0796. The summed E-state index contributed by atoms with van der Waals surface area (Å²) >= 11 is 0. The van der Waals surface area contributed by atoms with Crippen molar-refractivity contribution < 1.29 is 13.2 Å². The molecule has 2 aromatic rings. The summed E-state index contributed by atoms with van der Waals surface area (Å²) in [4.78, 5) is 14.5. The maximum Gasteiger partial charge on any atom is 0.253 e. The van der Waals surface area contributed by atoms with Crippen LogP contribution < -0.4 is 0 Å². The van der Waals surface area contributed by atoms with Gasteiger partial charge in [-0.3, -0.25) is 9.48 Å². The maximum atomic E-state index is 12.7. The van der Waals surface area contributed by atoms with Gasteiger partial charge in [-0.25, -0.2) is 8.42 Å². The number of amides is 1. The molecule has 0 N–H and O–H groups in total. The number of carbonyl (C=O) groups excluding carboxylic acids is 1. The molecule has 1 amide bonds. The zero-order valence-electron chi connectivity index (χ0n) is 15.1. The lowest BCUT2D eigenvalue weighted by Gasteiger charge is -2.19. The SMILES string of the molecule is CN(CCc1cnn(C)c1)C(=O)c1cccc(S(=O)(=O)N2CCCC2)c1. The second kappa shape index (κ2) is 7.59. The molecule has 0 unspecified atom stereocenters. The van der Waals surface area contributed by atoms with Crippen LogP contribution >= 0.6 is 0 Å². The molecule has 26 heavy (non-hydrogen) atoms. The molecule has 0 bridgehead atoms. The molecule has 0 spiro atoms. The minimum absolute atomic E-state index is 0.186. The van der Waals surface area contributed by atoms with E-state index in [4.69, 9.17) is 0 Å². The summed E-state index contributed by atoms with van der Waals surface area (Å²) < 4.78 is 28.6. The van der Waals surface area contributed by atoms with E-state index in [1.165, 1.54) is 10.4 Å². The highest BCUT2D eigenvalue weighted by atomic mass is 32.2. The fraction of sp³-hybridized carbons (Fsp3) is 0.444. The van der Waals surface area contributed by atoms with Crippen molar-refractivity contribution in [3.8, 4) is 0 Å². The molecule has 1 aromatic carbocycles. The first-order chi connectivity index (χ1) is 12.4. The fourth-order valence-corrected chi connectivity index (χ4v) is 4.65. The molecule has 8 heteroatoms. The van der Waals surface area contributed by atoms with Crippen LogP contribution in [0.15, 0.2) is 41.6 Å². The van der Waals surface area contributed by atoms with E-state index in [-0.39, 0.29) is 10.8 Å². The number of likely N-dealkylation sites (N-methyl/N-ethyl adjacent to an activating group) is 1. The van der Waals surface area contributed by atoms with Crippen LogP contribution in [0.3, 0.4) is 0 Å². The monoisotopic (exact) mass is 376 g/mol. The summed E-state index contributed by atoms with van der Waals surface area (Å²) in [5.41, 5.74) is 1.44. The van der Waals surface area contributed by atoms with Crippen molar-refractivity contribution in [2.24, 2.45) is 7.05 Å². The van der Waals surface area contributed by atoms with E-state index >= 15 is 0 Å². The highest BCUT2D eigenvalue weighted by Gasteiger charge is 2.27.